The van der Waals surface area contributed by atoms with Crippen LogP contribution in [-0.4, -0.2) is 66.2 Å². The van der Waals surface area contributed by atoms with E-state index in [0.29, 0.717) is 35.4 Å². The Labute approximate surface area is 198 Å². The summed E-state index contributed by atoms with van der Waals surface area (Å²) in [7, 11) is 1.77. The molecule has 182 valence electrons. The predicted octanol–water partition coefficient (Wildman–Crippen LogP) is 3.15. The fourth-order valence-electron chi connectivity index (χ4n) is 4.08. The molecule has 1 fully saturated rings. The molecule has 2 atom stereocenters. The van der Waals surface area contributed by atoms with Crippen molar-refractivity contribution in [3.05, 3.63) is 29.7 Å². The Morgan fingerprint density at radius 2 is 2.09 bits per heavy atom. The molecule has 0 saturated carbocycles. The van der Waals surface area contributed by atoms with Gasteiger partial charge in [-0.2, -0.15) is 0 Å². The molecule has 1 N–H and O–H groups in total. The number of benzene rings is 1. The fourth-order valence-corrected chi connectivity index (χ4v) is 5.15. The number of nitrogens with one attached hydrogen (secondary N) is 1. The van der Waals surface area contributed by atoms with Crippen molar-refractivity contribution in [2.75, 3.05) is 46.2 Å². The second kappa shape index (κ2) is 12.2. The van der Waals surface area contributed by atoms with Crippen molar-refractivity contribution in [3.63, 3.8) is 0 Å². The summed E-state index contributed by atoms with van der Waals surface area (Å²) in [6.07, 6.45) is 3.46. The molecular formula is C24H35N3O5S. The fraction of sp³-hybridized carbons (Fsp3) is 0.583. The molecular weight excluding hydrogens is 442 g/mol. The van der Waals surface area contributed by atoms with Crippen molar-refractivity contribution < 1.29 is 22.9 Å². The Balaban J connectivity index is 1.46. The van der Waals surface area contributed by atoms with E-state index in [9.17, 15) is 9.00 Å². The van der Waals surface area contributed by atoms with Gasteiger partial charge in [-0.15, -0.1) is 0 Å². The van der Waals surface area contributed by atoms with E-state index < -0.39 is 10.8 Å². The summed E-state index contributed by atoms with van der Waals surface area (Å²) in [6, 6.07) is 5.38. The highest BCUT2D eigenvalue weighted by molar-refractivity contribution is 7.84. The van der Waals surface area contributed by atoms with E-state index >= 15 is 0 Å². The maximum absolute atomic E-state index is 12.5. The summed E-state index contributed by atoms with van der Waals surface area (Å²) in [6.45, 7) is 7.95. The van der Waals surface area contributed by atoms with Crippen molar-refractivity contribution in [3.8, 4) is 23.0 Å². The topological polar surface area (TPSA) is 93.9 Å². The molecule has 2 heterocycles. The maximum atomic E-state index is 12.5. The normalized spacial score (nSPS) is 17.5. The molecule has 2 aromatic rings. The first-order valence-electron chi connectivity index (χ1n) is 11.4. The van der Waals surface area contributed by atoms with Gasteiger partial charge >= 0.3 is 0 Å². The van der Waals surface area contributed by atoms with Crippen LogP contribution >= 0.6 is 0 Å². The number of aryl methyl sites for hydroxylation is 1. The molecule has 0 aliphatic carbocycles. The lowest BCUT2D eigenvalue weighted by molar-refractivity contribution is -0.118. The van der Waals surface area contributed by atoms with E-state index in [1.54, 1.807) is 33.3 Å². The number of oxazole rings is 1. The van der Waals surface area contributed by atoms with E-state index in [4.69, 9.17) is 13.9 Å². The van der Waals surface area contributed by atoms with Gasteiger partial charge in [0.2, 0.25) is 11.8 Å². The number of hydrogen-bond donors (Lipinski definition) is 1. The van der Waals surface area contributed by atoms with Crippen molar-refractivity contribution >= 4 is 16.7 Å². The first-order chi connectivity index (χ1) is 15.9. The lowest BCUT2D eigenvalue weighted by atomic mass is 10.0. The van der Waals surface area contributed by atoms with E-state index in [2.05, 4.69) is 22.1 Å². The van der Waals surface area contributed by atoms with Crippen LogP contribution in [0.3, 0.4) is 0 Å². The number of ether oxygens (including phenoxy) is 2. The minimum atomic E-state index is -1.37. The molecule has 8 nitrogen and oxygen atoms in total. The van der Waals surface area contributed by atoms with Crippen molar-refractivity contribution in [1.29, 1.82) is 0 Å². The predicted molar refractivity (Wildman–Crippen MR) is 129 cm³/mol. The van der Waals surface area contributed by atoms with Gasteiger partial charge in [-0.1, -0.05) is 6.92 Å². The zero-order chi connectivity index (χ0) is 23.8. The van der Waals surface area contributed by atoms with Crippen LogP contribution < -0.4 is 14.8 Å². The number of hydrogen-bond acceptors (Lipinski definition) is 7. The molecule has 1 aliphatic rings. The van der Waals surface area contributed by atoms with Gasteiger partial charge in [0.1, 0.15) is 11.5 Å². The Morgan fingerprint density at radius 3 is 2.82 bits per heavy atom. The summed E-state index contributed by atoms with van der Waals surface area (Å²) in [5.74, 6) is 2.87. The van der Waals surface area contributed by atoms with Crippen LogP contribution in [0.15, 0.2) is 22.6 Å². The van der Waals surface area contributed by atoms with Crippen molar-refractivity contribution in [1.82, 2.24) is 15.2 Å². The van der Waals surface area contributed by atoms with Gasteiger partial charge in [-0.25, -0.2) is 4.98 Å². The molecule has 1 aromatic heterocycles. The number of rotatable bonds is 11. The van der Waals surface area contributed by atoms with Crippen LogP contribution in [0.4, 0.5) is 0 Å². The second-order valence-corrected chi connectivity index (χ2v) is 10.0. The van der Waals surface area contributed by atoms with Gasteiger partial charge < -0.3 is 24.1 Å². The zero-order valence-corrected chi connectivity index (χ0v) is 20.8. The smallest absolute Gasteiger partial charge is 0.232 e. The van der Waals surface area contributed by atoms with Crippen LogP contribution in [0.2, 0.25) is 0 Å². The van der Waals surface area contributed by atoms with Crippen LogP contribution in [0, 0.1) is 12.8 Å². The number of aromatic nitrogens is 1. The summed E-state index contributed by atoms with van der Waals surface area (Å²) < 4.78 is 28.9. The third-order valence-corrected chi connectivity index (χ3v) is 7.01. The van der Waals surface area contributed by atoms with Crippen molar-refractivity contribution in [2.24, 2.45) is 5.92 Å². The standard InChI is InChI=1S/C24H35N3O5S/c1-17-7-5-11-27(14-17)12-6-10-25-23(28)16-33(29)15-20-18(2)32-24(26-20)19-8-9-21(30-3)22(13-19)31-4/h8-9,13,17H,5-7,10-12,14-16H2,1-4H3,(H,25,28)/t17-,33-/m0/s1. The van der Waals surface area contributed by atoms with E-state index in [0.717, 1.165) is 37.5 Å². The molecule has 1 aliphatic heterocycles. The first-order valence-corrected chi connectivity index (χ1v) is 12.9. The van der Waals surface area contributed by atoms with Crippen molar-refractivity contribution in [2.45, 2.75) is 38.9 Å². The summed E-state index contributed by atoms with van der Waals surface area (Å²) in [5, 5.41) is 2.89. The molecule has 9 heteroatoms. The number of carbonyl (C=O) groups excluding carboxylic acids is 1. The van der Waals surface area contributed by atoms with Gasteiger partial charge in [-0.3, -0.25) is 9.00 Å². The maximum Gasteiger partial charge on any atom is 0.232 e. The third-order valence-electron chi connectivity index (χ3n) is 5.83. The lowest BCUT2D eigenvalue weighted by Gasteiger charge is -2.30. The largest absolute Gasteiger partial charge is 0.493 e. The Hall–Kier alpha value is -2.39. The average Bonchev–Trinajstić information content (AvgIpc) is 3.16. The second-order valence-electron chi connectivity index (χ2n) is 8.57. The summed E-state index contributed by atoms with van der Waals surface area (Å²) in [4.78, 5) is 19.2. The molecule has 0 radical (unpaired) electrons. The quantitative estimate of drug-likeness (QED) is 0.497. The minimum absolute atomic E-state index is 0.0429. The van der Waals surface area contributed by atoms with Gasteiger partial charge in [-0.05, 0) is 63.4 Å². The molecule has 1 saturated heterocycles. The molecule has 3 rings (SSSR count). The summed E-state index contributed by atoms with van der Waals surface area (Å²) >= 11 is 0. The molecule has 33 heavy (non-hydrogen) atoms. The number of likely N-dealkylation sites (tertiary alicyclic amines) is 1. The zero-order valence-electron chi connectivity index (χ0n) is 20.0. The van der Waals surface area contributed by atoms with E-state index in [1.165, 1.54) is 12.8 Å². The third kappa shape index (κ3) is 7.30. The highest BCUT2D eigenvalue weighted by atomic mass is 32.2. The Kier molecular flexibility index (Phi) is 9.31. The van der Waals surface area contributed by atoms with Crippen LogP contribution in [-0.2, 0) is 21.3 Å². The van der Waals surface area contributed by atoms with Crippen LogP contribution in [0.5, 0.6) is 11.5 Å². The number of carbonyl (C=O) groups is 1. The molecule has 0 bridgehead atoms. The minimum Gasteiger partial charge on any atom is -0.493 e. The number of piperidine rings is 1. The average molecular weight is 478 g/mol. The SMILES string of the molecule is COc1ccc(-c2nc(C[S@](=O)CC(=O)NCCCN3CCC[C@H](C)C3)c(C)o2)cc1OC. The van der Waals surface area contributed by atoms with E-state index in [1.807, 2.05) is 6.07 Å². The Bertz CT molecular complexity index is 962. The van der Waals surface area contributed by atoms with Gasteiger partial charge in [0.25, 0.3) is 0 Å². The highest BCUT2D eigenvalue weighted by Gasteiger charge is 2.18. The van der Waals surface area contributed by atoms with E-state index in [-0.39, 0.29) is 17.4 Å². The first kappa shape index (κ1) is 25.2. The van der Waals surface area contributed by atoms with Gasteiger partial charge in [0.15, 0.2) is 11.5 Å². The van der Waals surface area contributed by atoms with Gasteiger partial charge in [0.05, 0.1) is 25.7 Å². The van der Waals surface area contributed by atoms with Crippen LogP contribution in [0.1, 0.15) is 37.6 Å². The molecule has 1 aromatic carbocycles. The molecule has 0 unspecified atom stereocenters. The van der Waals surface area contributed by atoms with Crippen LogP contribution in [0.25, 0.3) is 11.5 Å². The van der Waals surface area contributed by atoms with Gasteiger partial charge in [0, 0.05) is 29.5 Å². The molecule has 1 amide bonds. The monoisotopic (exact) mass is 477 g/mol. The number of amides is 1. The Morgan fingerprint density at radius 1 is 1.30 bits per heavy atom. The molecule has 0 spiro atoms. The summed E-state index contributed by atoms with van der Waals surface area (Å²) in [5.41, 5.74) is 1.32. The highest BCUT2D eigenvalue weighted by Crippen LogP contribution is 2.32. The lowest BCUT2D eigenvalue weighted by Crippen LogP contribution is -2.37. The number of methoxy groups -OCH3 is 2. The number of nitrogens with zero attached hydrogens (tertiary/aromatic N) is 2.